The van der Waals surface area contributed by atoms with E-state index in [1.54, 1.807) is 11.8 Å². The van der Waals surface area contributed by atoms with Gasteiger partial charge in [-0.2, -0.15) is 5.10 Å². The molecule has 0 bridgehead atoms. The van der Waals surface area contributed by atoms with Crippen molar-refractivity contribution in [3.05, 3.63) is 16.4 Å². The Bertz CT molecular complexity index is 411. The standard InChI is InChI=1S/C13H21ClN2O2/c1-5-9-13(14)10(16(7-3)15-9)8-11(17)12(6-2)18-4/h12H,5-8H2,1-4H3. The van der Waals surface area contributed by atoms with Crippen LogP contribution in [0.25, 0.3) is 0 Å². The molecule has 1 heterocycles. The second-order valence-electron chi connectivity index (χ2n) is 4.15. The van der Waals surface area contributed by atoms with Crippen molar-refractivity contribution in [1.82, 2.24) is 9.78 Å². The molecule has 0 saturated carbocycles. The summed E-state index contributed by atoms with van der Waals surface area (Å²) >= 11 is 6.27. The highest BCUT2D eigenvalue weighted by Gasteiger charge is 2.21. The van der Waals surface area contributed by atoms with E-state index in [4.69, 9.17) is 16.3 Å². The first kappa shape index (κ1) is 15.2. The van der Waals surface area contributed by atoms with Crippen molar-refractivity contribution >= 4 is 17.4 Å². The van der Waals surface area contributed by atoms with Crippen molar-refractivity contribution in [2.75, 3.05) is 7.11 Å². The number of hydrogen-bond donors (Lipinski definition) is 0. The Balaban J connectivity index is 2.96. The van der Waals surface area contributed by atoms with E-state index in [0.717, 1.165) is 17.8 Å². The quantitative estimate of drug-likeness (QED) is 0.766. The van der Waals surface area contributed by atoms with Crippen molar-refractivity contribution in [2.45, 2.75) is 52.7 Å². The lowest BCUT2D eigenvalue weighted by molar-refractivity contribution is -0.128. The van der Waals surface area contributed by atoms with Gasteiger partial charge in [0.15, 0.2) is 5.78 Å². The fourth-order valence-corrected chi connectivity index (χ4v) is 2.33. The molecule has 1 rings (SSSR count). The highest BCUT2D eigenvalue weighted by Crippen LogP contribution is 2.23. The predicted octanol–water partition coefficient (Wildman–Crippen LogP) is 2.66. The van der Waals surface area contributed by atoms with E-state index in [0.29, 0.717) is 18.0 Å². The van der Waals surface area contributed by atoms with Crippen molar-refractivity contribution in [3.8, 4) is 0 Å². The van der Waals surface area contributed by atoms with Gasteiger partial charge in [0.05, 0.1) is 22.8 Å². The molecule has 0 saturated heterocycles. The Morgan fingerprint density at radius 1 is 1.44 bits per heavy atom. The normalized spacial score (nSPS) is 12.7. The fraction of sp³-hybridized carbons (Fsp3) is 0.692. The molecule has 102 valence electrons. The molecule has 0 spiro atoms. The van der Waals surface area contributed by atoms with Crippen LogP contribution >= 0.6 is 11.6 Å². The lowest BCUT2D eigenvalue weighted by Gasteiger charge is -2.12. The van der Waals surface area contributed by atoms with Gasteiger partial charge in [-0.15, -0.1) is 0 Å². The number of Topliss-reactive ketones (excluding diaryl/α,β-unsaturated/α-hetero) is 1. The first-order chi connectivity index (χ1) is 8.58. The molecule has 0 aliphatic rings. The van der Waals surface area contributed by atoms with Crippen molar-refractivity contribution in [2.24, 2.45) is 0 Å². The second-order valence-corrected chi connectivity index (χ2v) is 4.53. The molecule has 0 aromatic carbocycles. The Morgan fingerprint density at radius 3 is 2.56 bits per heavy atom. The summed E-state index contributed by atoms with van der Waals surface area (Å²) in [5.74, 6) is 0.0548. The molecule has 0 N–H and O–H groups in total. The van der Waals surface area contributed by atoms with Gasteiger partial charge >= 0.3 is 0 Å². The molecular formula is C13H21ClN2O2. The number of carbonyl (C=O) groups excluding carboxylic acids is 1. The molecular weight excluding hydrogens is 252 g/mol. The van der Waals surface area contributed by atoms with E-state index in [9.17, 15) is 4.79 Å². The van der Waals surface area contributed by atoms with Gasteiger partial charge in [0.1, 0.15) is 6.10 Å². The Kier molecular flexibility index (Phi) is 5.82. The van der Waals surface area contributed by atoms with Gasteiger partial charge in [0.25, 0.3) is 0 Å². The topological polar surface area (TPSA) is 44.1 Å². The van der Waals surface area contributed by atoms with E-state index >= 15 is 0 Å². The molecule has 0 aliphatic heterocycles. The Labute approximate surface area is 113 Å². The van der Waals surface area contributed by atoms with Gasteiger partial charge in [0, 0.05) is 13.7 Å². The average Bonchev–Trinajstić information content (AvgIpc) is 2.68. The molecule has 0 aliphatic carbocycles. The summed E-state index contributed by atoms with van der Waals surface area (Å²) in [6.07, 6.45) is 1.38. The number of aromatic nitrogens is 2. The van der Waals surface area contributed by atoms with Crippen molar-refractivity contribution in [3.63, 3.8) is 0 Å². The van der Waals surface area contributed by atoms with Crippen LogP contribution in [0.3, 0.4) is 0 Å². The summed E-state index contributed by atoms with van der Waals surface area (Å²) in [5.41, 5.74) is 1.66. The summed E-state index contributed by atoms with van der Waals surface area (Å²) in [7, 11) is 1.56. The highest BCUT2D eigenvalue weighted by molar-refractivity contribution is 6.32. The third-order valence-corrected chi connectivity index (χ3v) is 3.49. The zero-order valence-electron chi connectivity index (χ0n) is 11.5. The van der Waals surface area contributed by atoms with Crippen LogP contribution < -0.4 is 0 Å². The second kappa shape index (κ2) is 6.90. The van der Waals surface area contributed by atoms with Gasteiger partial charge in [-0.1, -0.05) is 25.4 Å². The minimum Gasteiger partial charge on any atom is -0.374 e. The van der Waals surface area contributed by atoms with Gasteiger partial charge in [0.2, 0.25) is 0 Å². The minimum atomic E-state index is -0.355. The van der Waals surface area contributed by atoms with Crippen LogP contribution in [0.2, 0.25) is 5.02 Å². The maximum Gasteiger partial charge on any atom is 0.167 e. The van der Waals surface area contributed by atoms with Crippen molar-refractivity contribution < 1.29 is 9.53 Å². The number of halogens is 1. The molecule has 0 radical (unpaired) electrons. The van der Waals surface area contributed by atoms with E-state index in [-0.39, 0.29) is 18.3 Å². The summed E-state index contributed by atoms with van der Waals surface area (Å²) in [5, 5.41) is 5.03. The fourth-order valence-electron chi connectivity index (χ4n) is 1.99. The largest absolute Gasteiger partial charge is 0.374 e. The monoisotopic (exact) mass is 272 g/mol. The van der Waals surface area contributed by atoms with Gasteiger partial charge in [-0.3, -0.25) is 9.48 Å². The summed E-state index contributed by atoms with van der Waals surface area (Å²) in [6, 6.07) is 0. The van der Waals surface area contributed by atoms with E-state index in [2.05, 4.69) is 5.10 Å². The maximum absolute atomic E-state index is 12.1. The number of carbonyl (C=O) groups is 1. The van der Waals surface area contributed by atoms with Crippen LogP contribution in [0.15, 0.2) is 0 Å². The molecule has 1 unspecified atom stereocenters. The third-order valence-electron chi connectivity index (χ3n) is 3.05. The van der Waals surface area contributed by atoms with Crippen LogP contribution in [-0.4, -0.2) is 28.8 Å². The summed E-state index contributed by atoms with van der Waals surface area (Å²) in [6.45, 7) is 6.64. The highest BCUT2D eigenvalue weighted by atomic mass is 35.5. The number of ether oxygens (including phenoxy) is 1. The van der Waals surface area contributed by atoms with E-state index in [1.165, 1.54) is 0 Å². The molecule has 1 atom stereocenters. The van der Waals surface area contributed by atoms with Crippen molar-refractivity contribution in [1.29, 1.82) is 0 Å². The van der Waals surface area contributed by atoms with Gasteiger partial charge in [-0.05, 0) is 19.8 Å². The average molecular weight is 273 g/mol. The third kappa shape index (κ3) is 3.12. The molecule has 5 heteroatoms. The SMILES string of the molecule is CCc1nn(CC)c(CC(=O)C(CC)OC)c1Cl. The molecule has 1 aromatic heterocycles. The lowest BCUT2D eigenvalue weighted by Crippen LogP contribution is -2.25. The Morgan fingerprint density at radius 2 is 2.11 bits per heavy atom. The number of ketones is 1. The Hall–Kier alpha value is -0.870. The molecule has 0 amide bonds. The van der Waals surface area contributed by atoms with Crippen LogP contribution in [0.5, 0.6) is 0 Å². The van der Waals surface area contributed by atoms with E-state index in [1.807, 2.05) is 20.8 Å². The van der Waals surface area contributed by atoms with Crippen LogP contribution in [0.4, 0.5) is 0 Å². The summed E-state index contributed by atoms with van der Waals surface area (Å²) in [4.78, 5) is 12.1. The zero-order chi connectivity index (χ0) is 13.7. The minimum absolute atomic E-state index is 0.0548. The smallest absolute Gasteiger partial charge is 0.167 e. The summed E-state index contributed by atoms with van der Waals surface area (Å²) < 4.78 is 6.96. The number of nitrogens with zero attached hydrogens (tertiary/aromatic N) is 2. The first-order valence-electron chi connectivity index (χ1n) is 6.38. The van der Waals surface area contributed by atoms with Crippen LogP contribution in [0, 0.1) is 0 Å². The lowest BCUT2D eigenvalue weighted by atomic mass is 10.1. The number of aryl methyl sites for hydroxylation is 2. The van der Waals surface area contributed by atoms with Gasteiger partial charge < -0.3 is 4.74 Å². The predicted molar refractivity (Wildman–Crippen MR) is 72.1 cm³/mol. The number of rotatable bonds is 7. The number of hydrogen-bond acceptors (Lipinski definition) is 3. The first-order valence-corrected chi connectivity index (χ1v) is 6.76. The van der Waals surface area contributed by atoms with Gasteiger partial charge in [-0.25, -0.2) is 0 Å². The number of methoxy groups -OCH3 is 1. The zero-order valence-corrected chi connectivity index (χ0v) is 12.3. The maximum atomic E-state index is 12.1. The molecule has 0 fully saturated rings. The van der Waals surface area contributed by atoms with Crippen LogP contribution in [-0.2, 0) is 28.9 Å². The van der Waals surface area contributed by atoms with E-state index < -0.39 is 0 Å². The molecule has 4 nitrogen and oxygen atoms in total. The molecule has 1 aromatic rings. The molecule has 18 heavy (non-hydrogen) atoms. The van der Waals surface area contributed by atoms with Crippen LogP contribution in [0.1, 0.15) is 38.6 Å².